The largest absolute Gasteiger partial charge is 0.480 e. The van der Waals surface area contributed by atoms with E-state index in [1.807, 2.05) is 115 Å². The number of rotatable bonds is 13. The molecular formula is C73H95Br4ClN14O11S10. The number of carbonyl (C=O) groups is 8. The molecule has 10 heterocycles. The van der Waals surface area contributed by atoms with Gasteiger partial charge in [0.05, 0.1) is 30.4 Å². The standard InChI is InChI=1S/C27H26BrN7O3.C17H23BrN2O3.C12H15BrN2O.C11H19NO4.C5H5BrN2.CH4.ClH.S4.S3.S2.H2S/c1-15-7-9-22(27(38)32-24-6-4-5-23(28)31-24)35(15)25(37)14-34-21-10-8-18(19-12-29-17(3)30-13-19)11-20(21)26(33-34)16(2)36;1-11-8-9-13(20(11)16(22)23-17(2,3)4)14(21)10-12-6-5-7-15(18)19-12;1-8-5-6-10(14-8)11(16)7-9-3-2-4-12(13)15-9;1-7-5-6-8(9(13)14)12(7)10(15)16-11(2,3)4;6-4-2-1-3-5(7)8-4;;;1-3-4-2;1-3-2;1-2;/h4-6,8,10-13,15,22H,7,9,14H2,1-3H3,(H,31,32,38);5-7,11,13H,8-10H2,1-4H3;2-4,8,10,14H,5-7H2,1H3;7-8H,5-6H2,1-4H3,(H,13,14);1-3H,(H2,7,8);1H4;1H;;;;1H2/t15-,22-;11-,13-;8-,10-;7-,8-;;;;;;;/m0000......./s1. The zero-order chi connectivity index (χ0) is 82.3. The summed E-state index contributed by atoms with van der Waals surface area (Å²) in [5.74, 6) is 0.180. The topological polar surface area (TPSA) is 330 Å². The Labute approximate surface area is 746 Å². The predicted octanol–water partition coefficient (Wildman–Crippen LogP) is 14.5. The molecule has 8 atom stereocenters. The van der Waals surface area contributed by atoms with Gasteiger partial charge in [-0.1, -0.05) is 37.8 Å². The van der Waals surface area contributed by atoms with Crippen LogP contribution in [0.2, 0.25) is 0 Å². The van der Waals surface area contributed by atoms with Gasteiger partial charge in [0.15, 0.2) is 17.3 Å². The second kappa shape index (κ2) is 52.4. The van der Waals surface area contributed by atoms with Crippen molar-refractivity contribution >= 4 is 253 Å². The maximum Gasteiger partial charge on any atom is 0.411 e. The fourth-order valence-corrected chi connectivity index (χ4v) is 13.4. The molecule has 113 heavy (non-hydrogen) atoms. The van der Waals surface area contributed by atoms with E-state index in [2.05, 4.69) is 183 Å². The number of anilines is 2. The van der Waals surface area contributed by atoms with Gasteiger partial charge in [-0.3, -0.25) is 38.5 Å². The van der Waals surface area contributed by atoms with Crippen molar-refractivity contribution < 1.29 is 52.9 Å². The number of pyridine rings is 4. The molecule has 618 valence electrons. The molecule has 5 N–H and O–H groups in total. The van der Waals surface area contributed by atoms with E-state index in [-0.39, 0.29) is 105 Å². The highest BCUT2D eigenvalue weighted by atomic mass is 79.9. The number of Topliss-reactive ketones (excluding diaryl/α,β-unsaturated/α-hetero) is 3. The Morgan fingerprint density at radius 3 is 1.50 bits per heavy atom. The molecule has 4 saturated heterocycles. The summed E-state index contributed by atoms with van der Waals surface area (Å²) >= 11 is 37.3. The van der Waals surface area contributed by atoms with Crippen molar-refractivity contribution in [3.63, 3.8) is 0 Å². The van der Waals surface area contributed by atoms with Crippen LogP contribution < -0.4 is 16.4 Å². The summed E-state index contributed by atoms with van der Waals surface area (Å²) in [6.45, 7) is 21.8. The Hall–Kier alpha value is -5.37. The van der Waals surface area contributed by atoms with Crippen molar-refractivity contribution in [1.29, 1.82) is 0 Å². The van der Waals surface area contributed by atoms with Gasteiger partial charge in [-0.2, -0.15) is 18.6 Å². The van der Waals surface area contributed by atoms with Crippen LogP contribution in [0, 0.1) is 6.92 Å². The van der Waals surface area contributed by atoms with Gasteiger partial charge in [-0.15, -0.1) is 12.4 Å². The first kappa shape index (κ1) is 106. The number of carboxylic acid groups (broad SMARTS) is 1. The number of halogens is 5. The number of hydrogen-bond acceptors (Lipinski definition) is 25. The highest BCUT2D eigenvalue weighted by molar-refractivity contribution is 9.11. The number of ether oxygens (including phenoxy) is 2. The second-order valence-electron chi connectivity index (χ2n) is 27.4. The average molecular weight is 2020 g/mol. The number of benzene rings is 1. The van der Waals surface area contributed by atoms with Crippen molar-refractivity contribution in [3.8, 4) is 11.1 Å². The number of aromatic nitrogens is 8. The number of amides is 4. The lowest BCUT2D eigenvalue weighted by molar-refractivity contribution is -0.142. The van der Waals surface area contributed by atoms with Crippen molar-refractivity contribution in [2.24, 2.45) is 0 Å². The van der Waals surface area contributed by atoms with Gasteiger partial charge >= 0.3 is 18.2 Å². The lowest BCUT2D eigenvalue weighted by atomic mass is 10.0. The van der Waals surface area contributed by atoms with Gasteiger partial charge in [0.1, 0.15) is 71.4 Å². The summed E-state index contributed by atoms with van der Waals surface area (Å²) in [5.41, 5.74) is 8.29. The third-order valence-electron chi connectivity index (χ3n) is 16.7. The second-order valence-corrected chi connectivity index (χ2v) is 35.9. The predicted molar refractivity (Wildman–Crippen MR) is 488 cm³/mol. The van der Waals surface area contributed by atoms with Crippen LogP contribution in [0.3, 0.4) is 0 Å². The SMILES string of the molecule is C.CC(=O)c1nn(CC(=O)N2[C@@H](C)CC[C@H]2C(=O)Nc2cccc(Br)n2)c2ccc(-c3cnc(C)nc3)cc12.C[C@H]1CC[C@@H](C(=O)Cc2cccc(Br)n2)N1.C[C@H]1CC[C@@H](C(=O)Cc2cccc(Br)n2)N1C(=O)OC(C)(C)C.C[C@H]1CC[C@@H](C(=O)O)N1C(=O)OC(C)(C)C.Cl.Nc1cccc(Br)n1.S.S=S.S=S=S.S=S=S=S. The summed E-state index contributed by atoms with van der Waals surface area (Å²) in [6.07, 6.45) is 9.12. The van der Waals surface area contributed by atoms with Crippen LogP contribution in [0.15, 0.2) is 122 Å². The molecule has 0 radical (unpaired) electrons. The highest BCUT2D eigenvalue weighted by Crippen LogP contribution is 2.32. The zero-order valence-corrected chi connectivity index (χ0v) is 78.8. The van der Waals surface area contributed by atoms with Crippen molar-refractivity contribution in [1.82, 2.24) is 59.7 Å². The monoisotopic (exact) mass is 2010 g/mol. The first-order valence-electron chi connectivity index (χ1n) is 34.3. The lowest BCUT2D eigenvalue weighted by Gasteiger charge is -2.30. The summed E-state index contributed by atoms with van der Waals surface area (Å²) in [4.78, 5) is 129. The van der Waals surface area contributed by atoms with Gasteiger partial charge in [0.2, 0.25) is 11.8 Å². The molecule has 11 rings (SSSR count). The van der Waals surface area contributed by atoms with E-state index in [1.165, 1.54) is 29.6 Å². The summed E-state index contributed by atoms with van der Waals surface area (Å²) in [7, 11) is 3.26. The van der Waals surface area contributed by atoms with E-state index in [0.29, 0.717) is 87.8 Å². The van der Waals surface area contributed by atoms with Crippen molar-refractivity contribution in [2.75, 3.05) is 11.1 Å². The normalized spacial score (nSPS) is 18.2. The van der Waals surface area contributed by atoms with Gasteiger partial charge in [-0.25, -0.2) is 44.3 Å². The van der Waals surface area contributed by atoms with Crippen molar-refractivity contribution in [3.05, 3.63) is 145 Å². The Morgan fingerprint density at radius 1 is 0.611 bits per heavy atom. The maximum atomic E-state index is 13.6. The van der Waals surface area contributed by atoms with Crippen LogP contribution in [0.5, 0.6) is 0 Å². The fraction of sp³-hybridized carbons (Fsp3) is 0.466. The minimum Gasteiger partial charge on any atom is -0.480 e. The van der Waals surface area contributed by atoms with Crippen LogP contribution in [-0.4, -0.2) is 166 Å². The summed E-state index contributed by atoms with van der Waals surface area (Å²) < 4.78 is 15.1. The number of likely N-dealkylation sites (tertiary alicyclic amines) is 3. The first-order valence-corrected chi connectivity index (χ1v) is 45.4. The molecule has 4 amide bonds. The number of carboxylic acids is 1. The number of nitrogens with one attached hydrogen (secondary N) is 2. The molecule has 0 spiro atoms. The molecule has 0 bridgehead atoms. The molecule has 4 fully saturated rings. The number of aliphatic carboxylic acids is 1. The number of hydrogen-bond donors (Lipinski definition) is 4. The molecule has 0 saturated carbocycles. The number of nitrogens with two attached hydrogens (primary N) is 1. The molecule has 4 aliphatic rings. The van der Waals surface area contributed by atoms with Gasteiger partial charge in [0, 0.05) is 160 Å². The maximum absolute atomic E-state index is 13.6. The lowest BCUT2D eigenvalue weighted by Crippen LogP contribution is -2.47. The number of fused-ring (bicyclic) bond motifs is 1. The summed E-state index contributed by atoms with van der Waals surface area (Å²) in [5, 5.41) is 20.3. The van der Waals surface area contributed by atoms with E-state index in [9.17, 15) is 38.4 Å². The minimum absolute atomic E-state index is 0. The Morgan fingerprint density at radius 2 is 1.06 bits per heavy atom. The van der Waals surface area contributed by atoms with E-state index >= 15 is 0 Å². The highest BCUT2D eigenvalue weighted by Gasteiger charge is 2.43. The fourth-order valence-electron chi connectivity index (χ4n) is 11.9. The molecular weight excluding hydrogens is 1920 g/mol. The Balaban J connectivity index is 0.000000733. The van der Waals surface area contributed by atoms with Crippen LogP contribution >= 0.6 is 89.6 Å². The molecule has 0 aliphatic carbocycles. The van der Waals surface area contributed by atoms with Crippen molar-refractivity contribution in [2.45, 2.75) is 221 Å². The third-order valence-corrected chi connectivity index (χ3v) is 20.7. The van der Waals surface area contributed by atoms with E-state index in [4.69, 9.17) is 20.3 Å². The zero-order valence-electron chi connectivity index (χ0n) is 63.3. The molecule has 40 heteroatoms. The van der Waals surface area contributed by atoms with Gasteiger partial charge in [-0.05, 0) is 257 Å². The van der Waals surface area contributed by atoms with Gasteiger partial charge < -0.3 is 35.8 Å². The van der Waals surface area contributed by atoms with E-state index in [1.54, 1.807) is 71.9 Å². The number of nitrogens with zero attached hydrogens (tertiary/aromatic N) is 11. The van der Waals surface area contributed by atoms with Gasteiger partial charge in [0.25, 0.3) is 0 Å². The molecule has 7 aromatic rings. The quantitative estimate of drug-likeness (QED) is 0.0615. The van der Waals surface area contributed by atoms with Crippen LogP contribution in [0.25, 0.3) is 22.0 Å². The Kier molecular flexibility index (Phi) is 49.0. The summed E-state index contributed by atoms with van der Waals surface area (Å²) in [6, 6.07) is 25.9. The number of carbonyl (C=O) groups excluding carboxylic acids is 7. The third kappa shape index (κ3) is 35.8. The van der Waals surface area contributed by atoms with Crippen LogP contribution in [0.1, 0.15) is 163 Å². The van der Waals surface area contributed by atoms with E-state index < -0.39 is 47.5 Å². The minimum atomic E-state index is -0.963. The molecule has 4 aliphatic heterocycles. The van der Waals surface area contributed by atoms with Crippen LogP contribution in [-0.2, 0) is 147 Å². The number of aryl methyl sites for hydroxylation is 1. The first-order chi connectivity index (χ1) is 51.9. The smallest absolute Gasteiger partial charge is 0.411 e. The number of ketones is 3. The molecule has 25 nitrogen and oxygen atoms in total. The molecule has 0 unspecified atom stereocenters. The van der Waals surface area contributed by atoms with E-state index in [0.717, 1.165) is 54.2 Å². The molecule has 1 aromatic carbocycles. The molecule has 6 aromatic heterocycles. The van der Waals surface area contributed by atoms with Crippen LogP contribution in [0.4, 0.5) is 21.2 Å². The Bertz CT molecular complexity index is 4440. The number of nitrogen functional groups attached to an aromatic ring is 1. The average Bonchev–Trinajstić information content (AvgIpc) is 1.63.